The van der Waals surface area contributed by atoms with Gasteiger partial charge in [-0.05, 0) is 18.8 Å². The molecule has 2 atom stereocenters. The second kappa shape index (κ2) is 13.9. The number of halogens is 1. The van der Waals surface area contributed by atoms with Crippen molar-refractivity contribution in [2.75, 3.05) is 66.3 Å². The van der Waals surface area contributed by atoms with Crippen molar-refractivity contribution in [2.45, 2.75) is 38.8 Å². The fraction of sp³-hybridized carbons (Fsp3) is 0.944. The number of aliphatic imine (C=N–C) groups is 1. The van der Waals surface area contributed by atoms with Crippen molar-refractivity contribution in [3.8, 4) is 0 Å². The molecule has 2 fully saturated rings. The highest BCUT2D eigenvalue weighted by Gasteiger charge is 2.23. The zero-order valence-corrected chi connectivity index (χ0v) is 18.9. The second-order valence-corrected chi connectivity index (χ2v) is 7.05. The molecule has 0 saturated carbocycles. The molecule has 0 amide bonds. The normalized spacial score (nSPS) is 22.9. The van der Waals surface area contributed by atoms with Crippen LogP contribution in [0.1, 0.15) is 26.7 Å². The lowest BCUT2D eigenvalue weighted by Crippen LogP contribution is -2.52. The van der Waals surface area contributed by atoms with Crippen molar-refractivity contribution in [3.63, 3.8) is 0 Å². The Hall–Kier alpha value is -0.160. The van der Waals surface area contributed by atoms with Crippen molar-refractivity contribution in [3.05, 3.63) is 0 Å². The molecule has 0 spiro atoms. The quantitative estimate of drug-likeness (QED) is 0.223. The summed E-state index contributed by atoms with van der Waals surface area (Å²) in [7, 11) is 1.82. The molecule has 0 aromatic heterocycles. The first-order valence-electron chi connectivity index (χ1n) is 9.66. The van der Waals surface area contributed by atoms with Crippen LogP contribution in [0.25, 0.3) is 0 Å². The first-order chi connectivity index (χ1) is 12.2. The van der Waals surface area contributed by atoms with Crippen LogP contribution in [0.15, 0.2) is 4.99 Å². The molecule has 0 aliphatic carbocycles. The van der Waals surface area contributed by atoms with Gasteiger partial charge in [-0.3, -0.25) is 9.89 Å². The van der Waals surface area contributed by atoms with Crippen LogP contribution >= 0.6 is 24.0 Å². The molecule has 7 nitrogen and oxygen atoms in total. The summed E-state index contributed by atoms with van der Waals surface area (Å²) >= 11 is 0. The van der Waals surface area contributed by atoms with Gasteiger partial charge in [0.15, 0.2) is 5.96 Å². The van der Waals surface area contributed by atoms with E-state index in [4.69, 9.17) is 14.2 Å². The van der Waals surface area contributed by atoms with Gasteiger partial charge in [0.25, 0.3) is 0 Å². The Morgan fingerprint density at radius 1 is 1.19 bits per heavy atom. The highest BCUT2D eigenvalue weighted by atomic mass is 127. The van der Waals surface area contributed by atoms with Crippen LogP contribution in [0.4, 0.5) is 0 Å². The molecular weight excluding hydrogens is 447 g/mol. The first-order valence-corrected chi connectivity index (χ1v) is 9.66. The van der Waals surface area contributed by atoms with Crippen LogP contribution < -0.4 is 10.6 Å². The number of nitrogens with one attached hydrogen (secondary N) is 2. The minimum Gasteiger partial charge on any atom is -0.379 e. The maximum absolute atomic E-state index is 5.78. The minimum atomic E-state index is 0. The predicted molar refractivity (Wildman–Crippen MR) is 116 cm³/mol. The molecule has 0 bridgehead atoms. The second-order valence-electron chi connectivity index (χ2n) is 7.05. The van der Waals surface area contributed by atoms with Crippen molar-refractivity contribution < 1.29 is 14.2 Å². The van der Waals surface area contributed by atoms with E-state index in [1.807, 2.05) is 7.05 Å². The number of hydrogen-bond donors (Lipinski definition) is 2. The molecule has 2 N–H and O–H groups in total. The van der Waals surface area contributed by atoms with Crippen LogP contribution in [0.3, 0.4) is 0 Å². The third-order valence-corrected chi connectivity index (χ3v) is 4.84. The van der Waals surface area contributed by atoms with Gasteiger partial charge in [-0.2, -0.15) is 0 Å². The molecule has 2 aliphatic rings. The van der Waals surface area contributed by atoms with Crippen molar-refractivity contribution in [1.82, 2.24) is 15.5 Å². The summed E-state index contributed by atoms with van der Waals surface area (Å²) in [6.07, 6.45) is 2.28. The summed E-state index contributed by atoms with van der Waals surface area (Å²) in [6, 6.07) is 0.494. The molecule has 0 aromatic rings. The van der Waals surface area contributed by atoms with Gasteiger partial charge >= 0.3 is 0 Å². The molecule has 0 radical (unpaired) electrons. The van der Waals surface area contributed by atoms with Gasteiger partial charge in [0.05, 0.1) is 25.9 Å². The van der Waals surface area contributed by atoms with E-state index in [0.29, 0.717) is 12.0 Å². The monoisotopic (exact) mass is 484 g/mol. The molecule has 2 rings (SSSR count). The third-order valence-electron chi connectivity index (χ3n) is 4.84. The zero-order valence-electron chi connectivity index (χ0n) is 16.5. The topological polar surface area (TPSA) is 67.4 Å². The number of nitrogens with zero attached hydrogens (tertiary/aromatic N) is 2. The van der Waals surface area contributed by atoms with E-state index in [0.717, 1.165) is 78.0 Å². The Labute approximate surface area is 175 Å². The standard InChI is InChI=1S/C18H36N4O3.HI/c1-15(2)17(22-7-11-23-12-8-22)13-21-18(19-3)20-6-4-9-25-16-5-10-24-14-16;/h15-17H,4-14H2,1-3H3,(H2,19,20,21);1H. The average Bonchev–Trinajstić information content (AvgIpc) is 3.14. The summed E-state index contributed by atoms with van der Waals surface area (Å²) in [5, 5.41) is 6.85. The van der Waals surface area contributed by atoms with Gasteiger partial charge < -0.3 is 24.8 Å². The maximum atomic E-state index is 5.78. The summed E-state index contributed by atoms with van der Waals surface area (Å²) < 4.78 is 16.6. The molecule has 154 valence electrons. The van der Waals surface area contributed by atoms with Crippen LogP contribution in [-0.4, -0.2) is 89.3 Å². The fourth-order valence-electron chi connectivity index (χ4n) is 3.29. The number of hydrogen-bond acceptors (Lipinski definition) is 5. The van der Waals surface area contributed by atoms with E-state index in [2.05, 4.69) is 34.4 Å². The average molecular weight is 484 g/mol. The van der Waals surface area contributed by atoms with E-state index in [1.165, 1.54) is 0 Å². The molecule has 2 unspecified atom stereocenters. The minimum absolute atomic E-state index is 0. The highest BCUT2D eigenvalue weighted by Crippen LogP contribution is 2.12. The van der Waals surface area contributed by atoms with E-state index >= 15 is 0 Å². The molecule has 0 aromatic carbocycles. The van der Waals surface area contributed by atoms with E-state index < -0.39 is 0 Å². The lowest BCUT2D eigenvalue weighted by Gasteiger charge is -2.37. The lowest BCUT2D eigenvalue weighted by molar-refractivity contribution is 0.00752. The number of rotatable bonds is 9. The SMILES string of the molecule is CN=C(NCCCOC1CCOC1)NCC(C(C)C)N1CCOCC1.I. The van der Waals surface area contributed by atoms with Gasteiger partial charge in [0.2, 0.25) is 0 Å². The first kappa shape index (κ1) is 23.9. The predicted octanol–water partition coefficient (Wildman–Crippen LogP) is 1.32. The summed E-state index contributed by atoms with van der Waals surface area (Å²) in [5.74, 6) is 1.45. The Balaban J connectivity index is 0.00000338. The van der Waals surface area contributed by atoms with Crippen molar-refractivity contribution in [1.29, 1.82) is 0 Å². The van der Waals surface area contributed by atoms with Crippen LogP contribution in [0.5, 0.6) is 0 Å². The molecule has 2 heterocycles. The van der Waals surface area contributed by atoms with Crippen LogP contribution in [0.2, 0.25) is 0 Å². The fourth-order valence-corrected chi connectivity index (χ4v) is 3.29. The summed E-state index contributed by atoms with van der Waals surface area (Å²) in [6.45, 7) is 12.4. The van der Waals surface area contributed by atoms with Gasteiger partial charge in [-0.1, -0.05) is 13.8 Å². The Morgan fingerprint density at radius 3 is 2.58 bits per heavy atom. The van der Waals surface area contributed by atoms with Crippen LogP contribution in [-0.2, 0) is 14.2 Å². The summed E-state index contributed by atoms with van der Waals surface area (Å²) in [4.78, 5) is 6.85. The molecule has 26 heavy (non-hydrogen) atoms. The molecule has 2 saturated heterocycles. The van der Waals surface area contributed by atoms with E-state index in [1.54, 1.807) is 0 Å². The number of ether oxygens (including phenoxy) is 3. The van der Waals surface area contributed by atoms with Gasteiger partial charge in [0.1, 0.15) is 0 Å². The van der Waals surface area contributed by atoms with E-state index in [9.17, 15) is 0 Å². The van der Waals surface area contributed by atoms with Gasteiger partial charge in [0, 0.05) is 52.5 Å². The molecule has 2 aliphatic heterocycles. The van der Waals surface area contributed by atoms with Crippen molar-refractivity contribution >= 4 is 29.9 Å². The Kier molecular flexibility index (Phi) is 12.8. The van der Waals surface area contributed by atoms with E-state index in [-0.39, 0.29) is 30.1 Å². The smallest absolute Gasteiger partial charge is 0.191 e. The summed E-state index contributed by atoms with van der Waals surface area (Å²) in [5.41, 5.74) is 0. The third kappa shape index (κ3) is 8.69. The number of morpholine rings is 1. The Morgan fingerprint density at radius 2 is 1.96 bits per heavy atom. The van der Waals surface area contributed by atoms with Crippen molar-refractivity contribution in [2.24, 2.45) is 10.9 Å². The molecule has 8 heteroatoms. The zero-order chi connectivity index (χ0) is 17.9. The highest BCUT2D eigenvalue weighted by molar-refractivity contribution is 14.0. The lowest BCUT2D eigenvalue weighted by atomic mass is 10.0. The Bertz CT molecular complexity index is 387. The van der Waals surface area contributed by atoms with Gasteiger partial charge in [-0.25, -0.2) is 0 Å². The number of guanidine groups is 1. The van der Waals surface area contributed by atoms with Gasteiger partial charge in [-0.15, -0.1) is 24.0 Å². The van der Waals surface area contributed by atoms with Crippen LogP contribution in [0, 0.1) is 5.92 Å². The maximum Gasteiger partial charge on any atom is 0.191 e. The molecular formula is C18H37IN4O3. The largest absolute Gasteiger partial charge is 0.379 e.